The first-order valence-corrected chi connectivity index (χ1v) is 3.25. The van der Waals surface area contributed by atoms with Crippen LogP contribution in [0.1, 0.15) is 26.7 Å². The lowest BCUT2D eigenvalue weighted by Crippen LogP contribution is -2.48. The number of halogens is 2. The maximum atomic E-state index is 12.2. The van der Waals surface area contributed by atoms with Gasteiger partial charge in [-0.1, -0.05) is 6.92 Å². The van der Waals surface area contributed by atoms with E-state index < -0.39 is 11.3 Å². The standard InChI is InChI=1S/C7H10F2O/c1-5(10)6(2)3-7(8,9)4-6/h3-4H2,1-2H3. The van der Waals surface area contributed by atoms with Gasteiger partial charge in [0.2, 0.25) is 5.92 Å². The van der Waals surface area contributed by atoms with E-state index in [0.717, 1.165) is 0 Å². The number of hydrogen-bond donors (Lipinski definition) is 0. The molecule has 1 aliphatic rings. The average molecular weight is 148 g/mol. The zero-order chi connectivity index (χ0) is 7.99. The summed E-state index contributed by atoms with van der Waals surface area (Å²) in [6.07, 6.45) is -0.537. The lowest BCUT2D eigenvalue weighted by Gasteiger charge is -2.42. The number of carbonyl (C=O) groups excluding carboxylic acids is 1. The lowest BCUT2D eigenvalue weighted by atomic mass is 9.65. The van der Waals surface area contributed by atoms with Gasteiger partial charge < -0.3 is 0 Å². The fourth-order valence-electron chi connectivity index (χ4n) is 1.34. The third-order valence-corrected chi connectivity index (χ3v) is 2.15. The predicted octanol–water partition coefficient (Wildman–Crippen LogP) is 2.01. The molecule has 10 heavy (non-hydrogen) atoms. The van der Waals surface area contributed by atoms with E-state index in [2.05, 4.69) is 0 Å². The van der Waals surface area contributed by atoms with E-state index in [-0.39, 0.29) is 18.6 Å². The largest absolute Gasteiger partial charge is 0.299 e. The highest BCUT2D eigenvalue weighted by atomic mass is 19.3. The molecule has 1 saturated carbocycles. The smallest absolute Gasteiger partial charge is 0.250 e. The van der Waals surface area contributed by atoms with Gasteiger partial charge in [0.05, 0.1) is 0 Å². The number of rotatable bonds is 1. The minimum atomic E-state index is -2.58. The van der Waals surface area contributed by atoms with Crippen molar-refractivity contribution < 1.29 is 13.6 Å². The molecule has 1 fully saturated rings. The van der Waals surface area contributed by atoms with Gasteiger partial charge in [-0.3, -0.25) is 4.79 Å². The van der Waals surface area contributed by atoms with Crippen LogP contribution < -0.4 is 0 Å². The molecule has 0 N–H and O–H groups in total. The summed E-state index contributed by atoms with van der Waals surface area (Å²) in [5, 5.41) is 0. The molecule has 0 unspecified atom stereocenters. The number of ketones is 1. The van der Waals surface area contributed by atoms with Crippen LogP contribution in [0.25, 0.3) is 0 Å². The number of alkyl halides is 2. The fraction of sp³-hybridized carbons (Fsp3) is 0.857. The van der Waals surface area contributed by atoms with E-state index in [1.54, 1.807) is 6.92 Å². The van der Waals surface area contributed by atoms with Gasteiger partial charge in [0.15, 0.2) is 0 Å². The van der Waals surface area contributed by atoms with Crippen LogP contribution in [0.2, 0.25) is 0 Å². The van der Waals surface area contributed by atoms with E-state index in [1.165, 1.54) is 6.92 Å². The Balaban J connectivity index is 2.58. The molecule has 0 radical (unpaired) electrons. The third kappa shape index (κ3) is 1.04. The van der Waals surface area contributed by atoms with Crippen molar-refractivity contribution in [2.45, 2.75) is 32.6 Å². The van der Waals surface area contributed by atoms with Crippen LogP contribution in [0.4, 0.5) is 8.78 Å². The summed E-state index contributed by atoms with van der Waals surface area (Å²) in [7, 11) is 0. The second-order valence-electron chi connectivity index (χ2n) is 3.33. The Morgan fingerprint density at radius 2 is 1.80 bits per heavy atom. The minimum Gasteiger partial charge on any atom is -0.299 e. The van der Waals surface area contributed by atoms with Crippen LogP contribution in [-0.4, -0.2) is 11.7 Å². The van der Waals surface area contributed by atoms with Gasteiger partial charge in [0, 0.05) is 18.3 Å². The van der Waals surface area contributed by atoms with Crippen molar-refractivity contribution in [1.29, 1.82) is 0 Å². The van der Waals surface area contributed by atoms with Crippen molar-refractivity contribution in [3.63, 3.8) is 0 Å². The molecule has 3 heteroatoms. The number of Topliss-reactive ketones (excluding diaryl/α,β-unsaturated/α-hetero) is 1. The molecule has 0 saturated heterocycles. The summed E-state index contributed by atoms with van der Waals surface area (Å²) >= 11 is 0. The van der Waals surface area contributed by atoms with E-state index in [1.807, 2.05) is 0 Å². The van der Waals surface area contributed by atoms with Gasteiger partial charge in [0.25, 0.3) is 0 Å². The Bertz CT molecular complexity index is 166. The van der Waals surface area contributed by atoms with Crippen molar-refractivity contribution in [2.75, 3.05) is 0 Å². The van der Waals surface area contributed by atoms with E-state index in [4.69, 9.17) is 0 Å². The highest BCUT2D eigenvalue weighted by Crippen LogP contribution is 2.51. The molecule has 1 rings (SSSR count). The van der Waals surface area contributed by atoms with Crippen LogP contribution in [0.15, 0.2) is 0 Å². The average Bonchev–Trinajstić information content (AvgIpc) is 1.59. The molecule has 0 aromatic heterocycles. The molecule has 0 amide bonds. The molecule has 0 aromatic carbocycles. The van der Waals surface area contributed by atoms with Crippen molar-refractivity contribution in [3.05, 3.63) is 0 Å². The zero-order valence-electron chi connectivity index (χ0n) is 6.08. The lowest BCUT2D eigenvalue weighted by molar-refractivity contribution is -0.170. The van der Waals surface area contributed by atoms with Crippen molar-refractivity contribution in [3.8, 4) is 0 Å². The summed E-state index contributed by atoms with van der Waals surface area (Å²) in [4.78, 5) is 10.7. The summed E-state index contributed by atoms with van der Waals surface area (Å²) < 4.78 is 24.5. The highest BCUT2D eigenvalue weighted by molar-refractivity contribution is 5.83. The first-order chi connectivity index (χ1) is 4.36. The Morgan fingerprint density at radius 1 is 1.40 bits per heavy atom. The van der Waals surface area contributed by atoms with Crippen LogP contribution in [0.5, 0.6) is 0 Å². The zero-order valence-corrected chi connectivity index (χ0v) is 6.08. The third-order valence-electron chi connectivity index (χ3n) is 2.15. The maximum Gasteiger partial charge on any atom is 0.250 e. The number of hydrogen-bond acceptors (Lipinski definition) is 1. The fourth-order valence-corrected chi connectivity index (χ4v) is 1.34. The molecule has 0 bridgehead atoms. The molecule has 1 aliphatic carbocycles. The summed E-state index contributed by atoms with van der Waals surface area (Å²) in [5.74, 6) is -2.71. The Labute approximate surface area is 58.4 Å². The van der Waals surface area contributed by atoms with E-state index in [9.17, 15) is 13.6 Å². The molecular weight excluding hydrogens is 138 g/mol. The number of carbonyl (C=O) groups is 1. The van der Waals surface area contributed by atoms with Gasteiger partial charge in [0.1, 0.15) is 5.78 Å². The molecule has 0 aliphatic heterocycles. The van der Waals surface area contributed by atoms with Crippen LogP contribution >= 0.6 is 0 Å². The summed E-state index contributed by atoms with van der Waals surface area (Å²) in [5.41, 5.74) is -0.733. The quantitative estimate of drug-likeness (QED) is 0.556. The molecule has 58 valence electrons. The van der Waals surface area contributed by atoms with Gasteiger partial charge in [-0.2, -0.15) is 0 Å². The Morgan fingerprint density at radius 3 is 1.90 bits per heavy atom. The van der Waals surface area contributed by atoms with Crippen molar-refractivity contribution >= 4 is 5.78 Å². The summed E-state index contributed by atoms with van der Waals surface area (Å²) in [6.45, 7) is 2.96. The van der Waals surface area contributed by atoms with Crippen molar-refractivity contribution in [1.82, 2.24) is 0 Å². The SMILES string of the molecule is CC(=O)C1(C)CC(F)(F)C1. The Kier molecular flexibility index (Phi) is 1.35. The first kappa shape index (κ1) is 7.63. The van der Waals surface area contributed by atoms with Crippen LogP contribution in [-0.2, 0) is 4.79 Å². The molecule has 0 aromatic rings. The second kappa shape index (κ2) is 1.77. The summed E-state index contributed by atoms with van der Waals surface area (Å²) in [6, 6.07) is 0. The molecule has 0 spiro atoms. The minimum absolute atomic E-state index is 0.126. The Hall–Kier alpha value is -0.470. The highest BCUT2D eigenvalue weighted by Gasteiger charge is 2.56. The van der Waals surface area contributed by atoms with E-state index >= 15 is 0 Å². The van der Waals surface area contributed by atoms with Gasteiger partial charge >= 0.3 is 0 Å². The van der Waals surface area contributed by atoms with Gasteiger partial charge in [-0.25, -0.2) is 8.78 Å². The van der Waals surface area contributed by atoms with Gasteiger partial charge in [-0.15, -0.1) is 0 Å². The molecular formula is C7H10F2O. The van der Waals surface area contributed by atoms with Crippen LogP contribution in [0, 0.1) is 5.41 Å². The normalized spacial score (nSPS) is 27.2. The van der Waals surface area contributed by atoms with Crippen molar-refractivity contribution in [2.24, 2.45) is 5.41 Å². The second-order valence-corrected chi connectivity index (χ2v) is 3.33. The van der Waals surface area contributed by atoms with Crippen LogP contribution in [0.3, 0.4) is 0 Å². The molecule has 0 heterocycles. The van der Waals surface area contributed by atoms with Gasteiger partial charge in [-0.05, 0) is 6.92 Å². The molecule has 0 atom stereocenters. The molecule has 1 nitrogen and oxygen atoms in total. The first-order valence-electron chi connectivity index (χ1n) is 3.25. The maximum absolute atomic E-state index is 12.2. The topological polar surface area (TPSA) is 17.1 Å². The predicted molar refractivity (Wildman–Crippen MR) is 33.0 cm³/mol. The van der Waals surface area contributed by atoms with E-state index in [0.29, 0.717) is 0 Å². The monoisotopic (exact) mass is 148 g/mol.